The number of nitrogens with zero attached hydrogens (tertiary/aromatic N) is 6. The Kier molecular flexibility index (Phi) is 26.9. The fourth-order valence-electron chi connectivity index (χ4n) is 12.6. The molecule has 0 radical (unpaired) electrons. The largest absolute Gasteiger partial charge is 0.455 e. The molecule has 10 rings (SSSR count). The minimum absolute atomic E-state index is 0.0112. The first-order chi connectivity index (χ1) is 53.7. The number of carbonyl (C=O) groups excluding carboxylic acids is 12. The molecule has 114 heavy (non-hydrogen) atoms. The third-order valence-electron chi connectivity index (χ3n) is 19.7. The second-order valence-corrected chi connectivity index (χ2v) is 32.6. The Hall–Kier alpha value is -10.2. The molecule has 5 aromatic rings. The van der Waals surface area contributed by atoms with E-state index >= 15 is 14.4 Å². The number of aliphatic imine (C=N–C) groups is 1. The van der Waals surface area contributed by atoms with Crippen molar-refractivity contribution in [2.75, 3.05) is 5.75 Å². The second kappa shape index (κ2) is 35.6. The van der Waals surface area contributed by atoms with Gasteiger partial charge < -0.3 is 89.2 Å². The number of pyridine rings is 1. The average Bonchev–Trinajstić information content (AvgIpc) is 1.47. The van der Waals surface area contributed by atoms with Crippen LogP contribution in [0.15, 0.2) is 87.3 Å². The molecular weight excluding hydrogens is 1580 g/mol. The van der Waals surface area contributed by atoms with Gasteiger partial charge in [-0.2, -0.15) is 0 Å². The van der Waals surface area contributed by atoms with Crippen molar-refractivity contribution in [2.24, 2.45) is 16.6 Å². The van der Waals surface area contributed by atoms with Gasteiger partial charge in [0.2, 0.25) is 29.5 Å². The zero-order valence-electron chi connectivity index (χ0n) is 63.2. The average molecular weight is 1670 g/mol. The van der Waals surface area contributed by atoms with Crippen molar-refractivity contribution in [1.82, 2.24) is 88.7 Å². The maximum absolute atomic E-state index is 15.4. The predicted octanol–water partition coefficient (Wildman–Crippen LogP) is 0.616. The normalized spacial score (nSPS) is 27.6. The molecule has 37 nitrogen and oxygen atoms in total. The number of primary amides is 1. The Balaban J connectivity index is 1.16. The lowest BCUT2D eigenvalue weighted by molar-refractivity contribution is -0.131. The van der Waals surface area contributed by atoms with E-state index in [4.69, 9.17) is 20.4 Å². The number of cyclic esters (lactones) is 1. The van der Waals surface area contributed by atoms with Crippen LogP contribution < -0.4 is 69.5 Å². The van der Waals surface area contributed by atoms with Crippen LogP contribution in [0.25, 0.3) is 6.08 Å². The molecule has 5 aromatic heterocycles. The minimum atomic E-state index is -2.20. The van der Waals surface area contributed by atoms with E-state index in [1.165, 1.54) is 82.1 Å². The van der Waals surface area contributed by atoms with E-state index in [1.54, 1.807) is 26.0 Å². The lowest BCUT2D eigenvalue weighted by Gasteiger charge is -2.46. The van der Waals surface area contributed by atoms with Crippen molar-refractivity contribution in [3.63, 3.8) is 0 Å². The lowest BCUT2D eigenvalue weighted by atomic mass is 9.78. The Bertz CT molecular complexity index is 4810. The van der Waals surface area contributed by atoms with Gasteiger partial charge in [-0.15, -0.1) is 57.1 Å². The Labute approximate surface area is 672 Å². The lowest BCUT2D eigenvalue weighted by Crippen LogP contribution is -2.61. The SMILES string of the molecule is C=C(NC(=O)C(=C)NC(=O)c1csc(C2CC[C@]34NC(=O)[C@H](C)NC(=O)C(=C)NC(=O)[C@H](C)NC(=O)[C@H]([C@@H](C)CC)N[C@@H]5C=Cc6c([C@H](C)O)cc(nc6[C@H]5O)C(=O)O[C@H](C)[C@H](NC(=O)c5csc(n5)[C@H]([C@](C)(O)[C@@H](C)O)NC(=O)[C@H]5CSC(=N5)/C(=C/C)NC(=O)[C@H]([C@@H](C)O)NC(=O)c5csc3n5)c3nc(cs3)[C@H]4N2)n1)C(N)=O. The number of rotatable bonds is 12. The predicted molar refractivity (Wildman–Crippen MR) is 418 cm³/mol. The van der Waals surface area contributed by atoms with E-state index in [0.29, 0.717) is 6.42 Å². The first-order valence-electron chi connectivity index (χ1n) is 35.8. The Morgan fingerprint density at radius 1 is 0.754 bits per heavy atom. The molecule has 11 amide bonds. The number of aliphatic hydroxyl groups is 5. The van der Waals surface area contributed by atoms with Crippen molar-refractivity contribution >= 4 is 139 Å². The van der Waals surface area contributed by atoms with Gasteiger partial charge in [-0.3, -0.25) is 68.4 Å². The summed E-state index contributed by atoms with van der Waals surface area (Å²) in [5, 5.41) is 96.3. The summed E-state index contributed by atoms with van der Waals surface area (Å²) in [5.41, 5.74) is -1.63. The highest BCUT2D eigenvalue weighted by molar-refractivity contribution is 8.14. The summed E-state index contributed by atoms with van der Waals surface area (Å²) in [5.74, 6) is -12.0. The molecule has 9 heterocycles. The van der Waals surface area contributed by atoms with E-state index in [0.717, 1.165) is 57.1 Å². The zero-order chi connectivity index (χ0) is 83.4. The monoisotopic (exact) mass is 1670 g/mol. The molecule has 0 saturated carbocycles. The van der Waals surface area contributed by atoms with Crippen LogP contribution in [0.1, 0.15) is 209 Å². The van der Waals surface area contributed by atoms with Crippen LogP contribution in [0.5, 0.6) is 0 Å². The molecule has 0 aromatic carbocycles. The Morgan fingerprint density at radius 2 is 1.43 bits per heavy atom. The van der Waals surface area contributed by atoms with Crippen LogP contribution in [-0.2, 0) is 48.6 Å². The maximum Gasteiger partial charge on any atom is 0.357 e. The second-order valence-electron chi connectivity index (χ2n) is 28.0. The maximum atomic E-state index is 15.4. The molecule has 42 heteroatoms. The number of ether oxygens (including phenoxy) is 1. The summed E-state index contributed by atoms with van der Waals surface area (Å²) < 4.78 is 6.27. The molecule has 1 aliphatic carbocycles. The van der Waals surface area contributed by atoms with Gasteiger partial charge in [0, 0.05) is 32.8 Å². The number of fused-ring (bicyclic) bond motifs is 7. The standard InChI is InChI=1S/C72H87N19O18S5/c1-14-26(3)47-63(105)78-30(7)57(99)75-28(5)56(98)76-31(8)58(100)91-72-19-18-40(66-85-43(22-111-66)59(101)77-29(6)55(97)74-27(4)54(73)96)81-52(72)42-21-112-67(83-42)49(34(11)109-69(107)41-20-37(32(9)92)36-16-17-39(79-47)51(95)50(36)80-41)89-60(102)44-24-113-68(86-44)53(71(13,108)35(12)94)90-62(104)45-23-110-65(84-45)38(15-2)82-64(106)48(33(10)93)88-61(103)46-25-114-70(72)87-46/h15-17,20-22,24-26,30-35,39-40,45,47-49,51-53,79,81,92-95,108H,4-6,14,18-19,23H2,1-3,7-13H3,(H2,73,96)(H,74,97)(H,75,99)(H,76,98)(H,77,101)(H,78,105)(H,82,106)(H,88,103)(H,89,102)(H,90,104)(H,91,100)/b38-15-/t26-,30-,31-,32-,33+,34+,35+,39+,40?,45+,47-,48-,49-,51-,52+,53+,71+,72+/m0/s1. The van der Waals surface area contributed by atoms with Gasteiger partial charge in [0.05, 0.1) is 76.7 Å². The molecule has 608 valence electrons. The van der Waals surface area contributed by atoms with Crippen molar-refractivity contribution in [3.05, 3.63) is 148 Å². The van der Waals surface area contributed by atoms with Crippen molar-refractivity contribution < 1.29 is 87.8 Å². The summed E-state index contributed by atoms with van der Waals surface area (Å²) in [4.78, 5) is 199. The first kappa shape index (κ1) is 86.2. The van der Waals surface area contributed by atoms with Crippen LogP contribution in [-0.4, -0.2) is 192 Å². The number of nitrogens with one attached hydrogen (secondary N) is 12. The number of nitrogens with two attached hydrogens (primary N) is 1. The van der Waals surface area contributed by atoms with Crippen LogP contribution in [0, 0.1) is 5.92 Å². The van der Waals surface area contributed by atoms with E-state index < -0.39 is 202 Å². The van der Waals surface area contributed by atoms with Gasteiger partial charge >= 0.3 is 5.97 Å². The van der Waals surface area contributed by atoms with Gasteiger partial charge in [-0.05, 0) is 85.8 Å². The van der Waals surface area contributed by atoms with Gasteiger partial charge in [0.25, 0.3) is 35.4 Å². The fourth-order valence-corrected chi connectivity index (χ4v) is 17.5. The van der Waals surface area contributed by atoms with Gasteiger partial charge in [-0.1, -0.05) is 58.2 Å². The van der Waals surface area contributed by atoms with Crippen LogP contribution in [0.4, 0.5) is 0 Å². The highest BCUT2D eigenvalue weighted by Gasteiger charge is 2.52. The van der Waals surface area contributed by atoms with Gasteiger partial charge in [-0.25, -0.2) is 29.7 Å². The summed E-state index contributed by atoms with van der Waals surface area (Å²) in [6.45, 7) is 25.0. The van der Waals surface area contributed by atoms with Crippen LogP contribution >= 0.6 is 57.1 Å². The molecule has 4 aliphatic heterocycles. The molecule has 18 atom stereocenters. The number of thioether (sulfide) groups is 1. The molecule has 1 fully saturated rings. The third kappa shape index (κ3) is 18.7. The minimum Gasteiger partial charge on any atom is -0.455 e. The summed E-state index contributed by atoms with van der Waals surface area (Å²) >= 11 is 4.56. The molecule has 19 N–H and O–H groups in total. The van der Waals surface area contributed by atoms with Crippen LogP contribution in [0.3, 0.4) is 0 Å². The van der Waals surface area contributed by atoms with E-state index in [9.17, 15) is 68.7 Å². The number of amides is 11. The number of aliphatic hydroxyl groups excluding tert-OH is 4. The van der Waals surface area contributed by atoms with Crippen LogP contribution in [0.2, 0.25) is 0 Å². The van der Waals surface area contributed by atoms with Crippen molar-refractivity contribution in [2.45, 2.75) is 191 Å². The number of aromatic nitrogens is 5. The highest BCUT2D eigenvalue weighted by atomic mass is 32.2. The number of hydrogen-bond acceptors (Lipinski definition) is 31. The Morgan fingerprint density at radius 3 is 2.11 bits per heavy atom. The quantitative estimate of drug-likeness (QED) is 0.0601. The summed E-state index contributed by atoms with van der Waals surface area (Å²) in [6, 6.07) is -12.3. The molecule has 1 unspecified atom stereocenters. The fraction of sp³-hybridized carbons (Fsp3) is 0.444. The van der Waals surface area contributed by atoms with E-state index in [2.05, 4.69) is 103 Å². The smallest absolute Gasteiger partial charge is 0.357 e. The van der Waals surface area contributed by atoms with Crippen molar-refractivity contribution in [3.8, 4) is 0 Å². The number of piperidine rings is 1. The topological polar surface area (TPSA) is 562 Å². The van der Waals surface area contributed by atoms with Crippen molar-refractivity contribution in [1.29, 1.82) is 0 Å². The first-order valence-corrected chi connectivity index (χ1v) is 40.3. The highest BCUT2D eigenvalue weighted by Crippen LogP contribution is 2.49. The molecule has 13 bridgehead atoms. The van der Waals surface area contributed by atoms with Gasteiger partial charge in [0.1, 0.15) is 107 Å². The molecule has 1 saturated heterocycles. The van der Waals surface area contributed by atoms with E-state index in [1.807, 2.05) is 6.92 Å². The number of carbonyl (C=O) groups is 12. The zero-order valence-corrected chi connectivity index (χ0v) is 67.2. The number of thiazole rings is 4. The molecular formula is C72H87N19O18S5. The number of allylic oxidation sites excluding steroid dienone is 1. The van der Waals surface area contributed by atoms with E-state index in [-0.39, 0.29) is 89.0 Å². The van der Waals surface area contributed by atoms with Gasteiger partial charge in [0.15, 0.2) is 0 Å². The summed E-state index contributed by atoms with van der Waals surface area (Å²) in [6.07, 6.45) is -2.92. The summed E-state index contributed by atoms with van der Waals surface area (Å²) in [7, 11) is 0. The third-order valence-corrected chi connectivity index (χ3v) is 24.7. The molecule has 5 aliphatic rings. The number of esters is 1. The number of hydrogen-bond donors (Lipinski definition) is 18. The molecule has 0 spiro atoms.